The van der Waals surface area contributed by atoms with Gasteiger partial charge in [0.1, 0.15) is 6.10 Å². The monoisotopic (exact) mass is 494 g/mol. The molecule has 3 unspecified atom stereocenters. The Kier molecular flexibility index (Phi) is 10.3. The second kappa shape index (κ2) is 13.2. The fraction of sp³-hybridized carbons (Fsp3) is 0.773. The number of aromatic nitrogens is 5. The van der Waals surface area contributed by atoms with Gasteiger partial charge < -0.3 is 26.6 Å². The fourth-order valence-corrected chi connectivity index (χ4v) is 4.79. The van der Waals surface area contributed by atoms with E-state index in [0.717, 1.165) is 50.8 Å². The van der Waals surface area contributed by atoms with Crippen LogP contribution < -0.4 is 16.4 Å². The third-order valence-electron chi connectivity index (χ3n) is 6.04. The molecule has 4 atom stereocenters. The van der Waals surface area contributed by atoms with Crippen LogP contribution in [0.15, 0.2) is 5.16 Å². The van der Waals surface area contributed by atoms with Crippen LogP contribution in [0.4, 0.5) is 5.82 Å². The summed E-state index contributed by atoms with van der Waals surface area (Å²) in [6.07, 6.45) is 3.61. The molecule has 12 heteroatoms. The number of unbranched alkanes of at least 4 members (excludes halogenated alkanes) is 3. The van der Waals surface area contributed by atoms with Crippen LogP contribution >= 0.6 is 11.8 Å². The molecule has 0 aliphatic heterocycles. The molecule has 34 heavy (non-hydrogen) atoms. The number of carbonyl (C=O) groups excluding carboxylic acids is 1. The number of nitrogens with two attached hydrogens (primary N) is 1. The number of hydrogen-bond acceptors (Lipinski definition) is 10. The van der Waals surface area contributed by atoms with Crippen LogP contribution in [0.3, 0.4) is 0 Å². The zero-order valence-electron chi connectivity index (χ0n) is 20.1. The maximum Gasteiger partial charge on any atom is 0.225 e. The van der Waals surface area contributed by atoms with Crippen LogP contribution in [0.1, 0.15) is 64.8 Å². The Labute approximate surface area is 204 Å². The quantitative estimate of drug-likeness (QED) is 0.147. The molecule has 1 amide bonds. The van der Waals surface area contributed by atoms with Crippen molar-refractivity contribution in [1.29, 1.82) is 0 Å². The van der Waals surface area contributed by atoms with Crippen LogP contribution in [0.2, 0.25) is 0 Å². The number of rotatable bonds is 14. The molecule has 1 saturated carbocycles. The molecule has 0 saturated heterocycles. The Bertz CT molecular complexity index is 927. The third kappa shape index (κ3) is 6.35. The summed E-state index contributed by atoms with van der Waals surface area (Å²) >= 11 is 1.55. The molecule has 1 fully saturated rings. The first-order valence-electron chi connectivity index (χ1n) is 12.3. The van der Waals surface area contributed by atoms with Gasteiger partial charge in [-0.15, -0.1) is 5.10 Å². The maximum absolute atomic E-state index is 12.7. The molecule has 11 nitrogen and oxygen atoms in total. The van der Waals surface area contributed by atoms with Gasteiger partial charge >= 0.3 is 0 Å². The van der Waals surface area contributed by atoms with E-state index in [-0.39, 0.29) is 12.3 Å². The number of nitrogens with one attached hydrogen (secondary N) is 2. The van der Waals surface area contributed by atoms with Gasteiger partial charge in [-0.1, -0.05) is 43.7 Å². The Hall–Kier alpha value is -2.02. The van der Waals surface area contributed by atoms with Crippen molar-refractivity contribution in [3.8, 4) is 0 Å². The smallest absolute Gasteiger partial charge is 0.225 e. The lowest BCUT2D eigenvalue weighted by Gasteiger charge is -2.17. The number of anilines is 1. The predicted molar refractivity (Wildman–Crippen MR) is 133 cm³/mol. The normalized spacial score (nSPS) is 22.4. The van der Waals surface area contributed by atoms with Crippen molar-refractivity contribution in [1.82, 2.24) is 30.3 Å². The van der Waals surface area contributed by atoms with Crippen molar-refractivity contribution in [2.45, 2.75) is 82.2 Å². The van der Waals surface area contributed by atoms with E-state index in [2.05, 4.69) is 44.8 Å². The molecular formula is C22H38N8O3S. The van der Waals surface area contributed by atoms with Gasteiger partial charge in [0.2, 0.25) is 5.91 Å². The Morgan fingerprint density at radius 2 is 1.94 bits per heavy atom. The van der Waals surface area contributed by atoms with Crippen molar-refractivity contribution in [3.63, 3.8) is 0 Å². The highest BCUT2D eigenvalue weighted by atomic mass is 32.2. The topological polar surface area (TPSA) is 164 Å². The van der Waals surface area contributed by atoms with Gasteiger partial charge in [0, 0.05) is 18.8 Å². The standard InChI is InChI=1S/C22H38N8O3S/c1-3-5-10-24-19-16-20(27-22(26-19)34-12-4-2)30(29-28-16)15-13-14(17(31)18(15)32)21(33)25-11-8-6-7-9-23/h14-15,17-18,31-32H,3-13,23H2,1-2H3,(H,25,33)(H,24,26,27)/t14-,15?,17?,18?/m0/s1. The van der Waals surface area contributed by atoms with Gasteiger partial charge in [-0.05, 0) is 38.6 Å². The highest BCUT2D eigenvalue weighted by molar-refractivity contribution is 7.99. The number of aliphatic hydroxyl groups is 2. The van der Waals surface area contributed by atoms with Gasteiger partial charge in [0.25, 0.3) is 0 Å². The van der Waals surface area contributed by atoms with Crippen molar-refractivity contribution in [3.05, 3.63) is 0 Å². The lowest BCUT2D eigenvalue weighted by Crippen LogP contribution is -2.38. The number of carbonyl (C=O) groups is 1. The maximum atomic E-state index is 12.7. The van der Waals surface area contributed by atoms with E-state index >= 15 is 0 Å². The number of aliphatic hydroxyl groups excluding tert-OH is 2. The van der Waals surface area contributed by atoms with Gasteiger partial charge in [0.15, 0.2) is 22.1 Å². The fourth-order valence-electron chi connectivity index (χ4n) is 4.10. The summed E-state index contributed by atoms with van der Waals surface area (Å²) in [6.45, 7) is 6.12. The Morgan fingerprint density at radius 1 is 1.12 bits per heavy atom. The molecule has 190 valence electrons. The lowest BCUT2D eigenvalue weighted by molar-refractivity contribution is -0.128. The number of amides is 1. The van der Waals surface area contributed by atoms with Gasteiger partial charge in [-0.25, -0.2) is 14.6 Å². The van der Waals surface area contributed by atoms with Crippen molar-refractivity contribution < 1.29 is 15.0 Å². The molecule has 0 bridgehead atoms. The zero-order chi connectivity index (χ0) is 24.5. The summed E-state index contributed by atoms with van der Waals surface area (Å²) in [5, 5.41) is 36.8. The van der Waals surface area contributed by atoms with Gasteiger partial charge in [0.05, 0.1) is 18.1 Å². The number of nitrogens with zero attached hydrogens (tertiary/aromatic N) is 5. The minimum atomic E-state index is -1.19. The third-order valence-corrected chi connectivity index (χ3v) is 7.10. The molecule has 0 aromatic carbocycles. The SMILES string of the molecule is CCCCNc1nc(SCCC)nc2c1nnn2C1C[C@H](C(=O)NCCCCCN)C(O)C1O. The largest absolute Gasteiger partial charge is 0.390 e. The van der Waals surface area contributed by atoms with E-state index in [1.807, 2.05) is 0 Å². The second-order valence-electron chi connectivity index (χ2n) is 8.72. The van der Waals surface area contributed by atoms with Crippen LogP contribution in [-0.4, -0.2) is 78.7 Å². The molecule has 6 N–H and O–H groups in total. The van der Waals surface area contributed by atoms with Crippen molar-refractivity contribution >= 4 is 34.7 Å². The van der Waals surface area contributed by atoms with Crippen molar-refractivity contribution in [2.24, 2.45) is 11.7 Å². The van der Waals surface area contributed by atoms with E-state index in [4.69, 9.17) is 5.73 Å². The zero-order valence-corrected chi connectivity index (χ0v) is 20.9. The summed E-state index contributed by atoms with van der Waals surface area (Å²) in [7, 11) is 0. The molecule has 2 aromatic heterocycles. The van der Waals surface area contributed by atoms with E-state index in [1.54, 1.807) is 16.4 Å². The van der Waals surface area contributed by atoms with Crippen LogP contribution in [0, 0.1) is 5.92 Å². The van der Waals surface area contributed by atoms with E-state index in [0.29, 0.717) is 35.2 Å². The molecule has 2 heterocycles. The van der Waals surface area contributed by atoms with E-state index in [1.165, 1.54) is 0 Å². The molecule has 3 rings (SSSR count). The lowest BCUT2D eigenvalue weighted by atomic mass is 10.0. The summed E-state index contributed by atoms with van der Waals surface area (Å²) in [5.41, 5.74) is 6.51. The Morgan fingerprint density at radius 3 is 2.68 bits per heavy atom. The first-order valence-corrected chi connectivity index (χ1v) is 13.3. The Balaban J connectivity index is 1.80. The average molecular weight is 495 g/mol. The summed E-state index contributed by atoms with van der Waals surface area (Å²) in [6, 6.07) is -0.615. The first-order chi connectivity index (χ1) is 16.5. The average Bonchev–Trinajstić information content (AvgIpc) is 3.38. The molecular weight excluding hydrogens is 456 g/mol. The van der Waals surface area contributed by atoms with Crippen LogP contribution in [-0.2, 0) is 4.79 Å². The second-order valence-corrected chi connectivity index (χ2v) is 9.78. The highest BCUT2D eigenvalue weighted by Crippen LogP contribution is 2.37. The summed E-state index contributed by atoms with van der Waals surface area (Å²) in [5.74, 6) is 0.497. The van der Waals surface area contributed by atoms with Crippen LogP contribution in [0.25, 0.3) is 11.2 Å². The summed E-state index contributed by atoms with van der Waals surface area (Å²) < 4.78 is 1.54. The molecule has 1 aliphatic carbocycles. The number of fused-ring (bicyclic) bond motifs is 1. The van der Waals surface area contributed by atoms with Gasteiger partial charge in [-0.2, -0.15) is 0 Å². The van der Waals surface area contributed by atoms with Crippen molar-refractivity contribution in [2.75, 3.05) is 30.7 Å². The molecule has 2 aromatic rings. The number of hydrogen-bond donors (Lipinski definition) is 5. The molecule has 1 aliphatic rings. The van der Waals surface area contributed by atoms with Gasteiger partial charge in [-0.3, -0.25) is 4.79 Å². The minimum Gasteiger partial charge on any atom is -0.390 e. The molecule has 0 spiro atoms. The summed E-state index contributed by atoms with van der Waals surface area (Å²) in [4.78, 5) is 22.0. The van der Waals surface area contributed by atoms with Crippen LogP contribution in [0.5, 0.6) is 0 Å². The first kappa shape index (κ1) is 26.6. The molecule has 0 radical (unpaired) electrons. The highest BCUT2D eigenvalue weighted by Gasteiger charge is 2.47. The van der Waals surface area contributed by atoms with E-state index in [9.17, 15) is 15.0 Å². The minimum absolute atomic E-state index is 0.245. The number of thioether (sulfide) groups is 1. The van der Waals surface area contributed by atoms with E-state index < -0.39 is 24.2 Å². The predicted octanol–water partition coefficient (Wildman–Crippen LogP) is 1.46.